The molecule has 12 heavy (non-hydrogen) atoms. The molecule has 1 N–H and O–H groups in total. The Hall–Kier alpha value is -0.610. The van der Waals surface area contributed by atoms with Gasteiger partial charge in [0.1, 0.15) is 0 Å². The van der Waals surface area contributed by atoms with E-state index in [2.05, 4.69) is 5.32 Å². The van der Waals surface area contributed by atoms with Gasteiger partial charge in [0, 0.05) is 19.0 Å². The molecule has 2 aliphatic heterocycles. The molecule has 0 spiro atoms. The fourth-order valence-electron chi connectivity index (χ4n) is 1.82. The fourth-order valence-corrected chi connectivity index (χ4v) is 1.82. The summed E-state index contributed by atoms with van der Waals surface area (Å²) >= 11 is 0. The molecule has 2 aliphatic rings. The van der Waals surface area contributed by atoms with Crippen molar-refractivity contribution in [3.63, 3.8) is 0 Å². The first-order chi connectivity index (χ1) is 5.77. The molecule has 0 aromatic carbocycles. The number of nitrogens with one attached hydrogen (secondary N) is 1. The molecular weight excluding hydrogens is 158 g/mol. The molecule has 0 amide bonds. The van der Waals surface area contributed by atoms with Crippen molar-refractivity contribution in [1.82, 2.24) is 5.32 Å². The van der Waals surface area contributed by atoms with Gasteiger partial charge in [0.05, 0.1) is 13.2 Å². The van der Waals surface area contributed by atoms with Crippen LogP contribution in [0.5, 0.6) is 0 Å². The van der Waals surface area contributed by atoms with Gasteiger partial charge in [-0.05, 0) is 6.92 Å². The second-order valence-electron chi connectivity index (χ2n) is 3.31. The van der Waals surface area contributed by atoms with Crippen molar-refractivity contribution in [3.05, 3.63) is 0 Å². The van der Waals surface area contributed by atoms with Crippen LogP contribution >= 0.6 is 0 Å². The summed E-state index contributed by atoms with van der Waals surface area (Å²) in [6, 6.07) is 0.356. The van der Waals surface area contributed by atoms with E-state index in [1.807, 2.05) is 6.92 Å². The summed E-state index contributed by atoms with van der Waals surface area (Å²) < 4.78 is 10.4. The highest BCUT2D eigenvalue weighted by Gasteiger charge is 2.52. The Balaban J connectivity index is 2.06. The lowest BCUT2D eigenvalue weighted by molar-refractivity contribution is -0.166. The average Bonchev–Trinajstić information content (AvgIpc) is 2.64. The van der Waals surface area contributed by atoms with Crippen LogP contribution in [0.3, 0.4) is 0 Å². The van der Waals surface area contributed by atoms with Gasteiger partial charge < -0.3 is 14.8 Å². The number of ether oxygens (including phenoxy) is 2. The maximum atomic E-state index is 11.4. The summed E-state index contributed by atoms with van der Waals surface area (Å²) in [5.41, 5.74) is -0.652. The van der Waals surface area contributed by atoms with Gasteiger partial charge in [-0.1, -0.05) is 0 Å². The first-order valence-electron chi connectivity index (χ1n) is 4.31. The van der Waals surface area contributed by atoms with Gasteiger partial charge in [-0.25, -0.2) is 4.79 Å². The first-order valence-corrected chi connectivity index (χ1v) is 4.31. The van der Waals surface area contributed by atoms with E-state index in [4.69, 9.17) is 9.47 Å². The molecule has 0 aromatic heterocycles. The third kappa shape index (κ3) is 1.03. The average molecular weight is 171 g/mol. The highest BCUT2D eigenvalue weighted by Crippen LogP contribution is 2.32. The Morgan fingerprint density at radius 2 is 2.67 bits per heavy atom. The fraction of sp³-hybridized carbons (Fsp3) is 0.875. The standard InChI is InChI=1S/C8H13NO3/c1-2-11-7(10)8-3-6(4-12-8)9-5-8/h6,9H,2-5H2,1H3. The Morgan fingerprint density at radius 1 is 1.83 bits per heavy atom. The SMILES string of the molecule is CCOC(=O)C12CNC(CO1)C2. The first kappa shape index (κ1) is 8.01. The largest absolute Gasteiger partial charge is 0.464 e. The lowest BCUT2D eigenvalue weighted by atomic mass is 10.0. The highest BCUT2D eigenvalue weighted by atomic mass is 16.6. The van der Waals surface area contributed by atoms with Crippen LogP contribution in [0.2, 0.25) is 0 Å². The number of carbonyl (C=O) groups excluding carboxylic acids is 1. The van der Waals surface area contributed by atoms with E-state index in [0.29, 0.717) is 25.8 Å². The lowest BCUT2D eigenvalue weighted by Crippen LogP contribution is -2.46. The maximum Gasteiger partial charge on any atom is 0.339 e. The van der Waals surface area contributed by atoms with Crippen LogP contribution in [0.15, 0.2) is 0 Å². The van der Waals surface area contributed by atoms with Crippen molar-refractivity contribution in [2.45, 2.75) is 25.0 Å². The molecular formula is C8H13NO3. The number of morpholine rings is 1. The van der Waals surface area contributed by atoms with Gasteiger partial charge in [0.2, 0.25) is 0 Å². The summed E-state index contributed by atoms with van der Waals surface area (Å²) in [6.45, 7) is 3.48. The molecule has 2 saturated heterocycles. The van der Waals surface area contributed by atoms with E-state index in [0.717, 1.165) is 6.42 Å². The van der Waals surface area contributed by atoms with E-state index in [1.54, 1.807) is 0 Å². The number of hydrogen-bond acceptors (Lipinski definition) is 4. The molecule has 0 saturated carbocycles. The molecule has 4 nitrogen and oxygen atoms in total. The van der Waals surface area contributed by atoms with Crippen molar-refractivity contribution in [2.24, 2.45) is 0 Å². The number of esters is 1. The smallest absolute Gasteiger partial charge is 0.339 e. The van der Waals surface area contributed by atoms with Crippen LogP contribution in [0.4, 0.5) is 0 Å². The third-order valence-electron chi connectivity index (χ3n) is 2.46. The van der Waals surface area contributed by atoms with Gasteiger partial charge in [-0.3, -0.25) is 0 Å². The molecule has 0 aliphatic carbocycles. The van der Waals surface area contributed by atoms with Gasteiger partial charge >= 0.3 is 5.97 Å². The predicted molar refractivity (Wildman–Crippen MR) is 41.7 cm³/mol. The van der Waals surface area contributed by atoms with Crippen LogP contribution in [0, 0.1) is 0 Å². The van der Waals surface area contributed by atoms with Crippen molar-refractivity contribution < 1.29 is 14.3 Å². The Kier molecular flexibility index (Phi) is 1.81. The van der Waals surface area contributed by atoms with Crippen LogP contribution in [0.25, 0.3) is 0 Å². The zero-order chi connectivity index (χ0) is 8.60. The minimum absolute atomic E-state index is 0.211. The molecule has 0 radical (unpaired) electrons. The normalized spacial score (nSPS) is 38.6. The number of hydrogen-bond donors (Lipinski definition) is 1. The van der Waals surface area contributed by atoms with E-state index in [-0.39, 0.29) is 5.97 Å². The van der Waals surface area contributed by atoms with E-state index in [1.165, 1.54) is 0 Å². The van der Waals surface area contributed by atoms with E-state index < -0.39 is 5.60 Å². The summed E-state index contributed by atoms with van der Waals surface area (Å²) in [5, 5.41) is 3.21. The zero-order valence-corrected chi connectivity index (χ0v) is 7.13. The van der Waals surface area contributed by atoms with E-state index in [9.17, 15) is 4.79 Å². The maximum absolute atomic E-state index is 11.4. The molecule has 2 rings (SSSR count). The summed E-state index contributed by atoms with van der Waals surface area (Å²) in [4.78, 5) is 11.4. The Labute approximate surface area is 71.2 Å². The highest BCUT2D eigenvalue weighted by molar-refractivity contribution is 5.81. The Bertz CT molecular complexity index is 196. The molecule has 2 unspecified atom stereocenters. The van der Waals surface area contributed by atoms with Gasteiger partial charge in [-0.2, -0.15) is 0 Å². The quantitative estimate of drug-likeness (QED) is 0.578. The second-order valence-corrected chi connectivity index (χ2v) is 3.31. The van der Waals surface area contributed by atoms with E-state index >= 15 is 0 Å². The Morgan fingerprint density at radius 3 is 3.08 bits per heavy atom. The van der Waals surface area contributed by atoms with Crippen molar-refractivity contribution in [1.29, 1.82) is 0 Å². The minimum Gasteiger partial charge on any atom is -0.464 e. The zero-order valence-electron chi connectivity index (χ0n) is 7.13. The van der Waals surface area contributed by atoms with Crippen molar-refractivity contribution in [2.75, 3.05) is 19.8 Å². The van der Waals surface area contributed by atoms with Gasteiger partial charge in [-0.15, -0.1) is 0 Å². The molecule has 2 bridgehead atoms. The number of fused-ring (bicyclic) bond motifs is 2. The van der Waals surface area contributed by atoms with Crippen LogP contribution < -0.4 is 5.32 Å². The molecule has 2 heterocycles. The monoisotopic (exact) mass is 171 g/mol. The number of carbonyl (C=O) groups is 1. The predicted octanol–water partition coefficient (Wildman–Crippen LogP) is -0.320. The van der Waals surface area contributed by atoms with Crippen molar-refractivity contribution >= 4 is 5.97 Å². The summed E-state index contributed by atoms with van der Waals surface area (Å²) in [5.74, 6) is -0.211. The number of rotatable bonds is 2. The topological polar surface area (TPSA) is 47.6 Å². The van der Waals surface area contributed by atoms with Crippen LogP contribution in [0.1, 0.15) is 13.3 Å². The van der Waals surface area contributed by atoms with Crippen molar-refractivity contribution in [3.8, 4) is 0 Å². The molecule has 2 fully saturated rings. The van der Waals surface area contributed by atoms with Gasteiger partial charge in [0.25, 0.3) is 0 Å². The minimum atomic E-state index is -0.652. The third-order valence-corrected chi connectivity index (χ3v) is 2.46. The molecule has 2 atom stereocenters. The lowest BCUT2D eigenvalue weighted by Gasteiger charge is -2.23. The summed E-state index contributed by atoms with van der Waals surface area (Å²) in [7, 11) is 0. The second kappa shape index (κ2) is 2.71. The molecule has 68 valence electrons. The molecule has 0 aromatic rings. The van der Waals surface area contributed by atoms with Gasteiger partial charge in [0.15, 0.2) is 5.60 Å². The van der Waals surface area contributed by atoms with Crippen LogP contribution in [-0.4, -0.2) is 37.4 Å². The summed E-state index contributed by atoms with van der Waals surface area (Å²) in [6.07, 6.45) is 0.770. The van der Waals surface area contributed by atoms with Crippen LogP contribution in [-0.2, 0) is 14.3 Å². The molecule has 4 heteroatoms.